The van der Waals surface area contributed by atoms with Gasteiger partial charge in [-0.3, -0.25) is 24.1 Å². The molecular weight excluding hydrogens is 408 g/mol. The smallest absolute Gasteiger partial charge is 0.262 e. The molecule has 0 saturated heterocycles. The number of nitrogens with one attached hydrogen (secondary N) is 2. The number of nitrogens with zero attached hydrogens (tertiary/aromatic N) is 2. The molecule has 0 fully saturated rings. The highest BCUT2D eigenvalue weighted by molar-refractivity contribution is 6.22. The lowest BCUT2D eigenvalue weighted by molar-refractivity contribution is -0.124. The van der Waals surface area contributed by atoms with Crippen molar-refractivity contribution in [3.8, 4) is 5.69 Å². The standard InChI is InChI=1S/C24H22N4O4/c1-16(28-23(31)19-6-2-3-7-20(19)24(28)32)21(29)25-12-13-26-22(30)17-8-10-18(11-9-17)27-14-4-5-15-27/h2-11,14-16H,12-13H2,1H3,(H,25,29)(H,26,30). The molecule has 1 aromatic heterocycles. The van der Waals surface area contributed by atoms with Crippen LogP contribution in [0.2, 0.25) is 0 Å². The predicted octanol–water partition coefficient (Wildman–Crippen LogP) is 2.01. The van der Waals surface area contributed by atoms with E-state index in [1.54, 1.807) is 36.4 Å². The third-order valence-electron chi connectivity index (χ3n) is 5.33. The van der Waals surface area contributed by atoms with E-state index in [0.29, 0.717) is 16.7 Å². The molecule has 4 amide bonds. The Labute approximate surface area is 184 Å². The highest BCUT2D eigenvalue weighted by atomic mass is 16.2. The van der Waals surface area contributed by atoms with Crippen molar-refractivity contribution < 1.29 is 19.2 Å². The van der Waals surface area contributed by atoms with Crippen LogP contribution in [0.4, 0.5) is 0 Å². The summed E-state index contributed by atoms with van der Waals surface area (Å²) in [6.45, 7) is 1.88. The van der Waals surface area contributed by atoms with E-state index >= 15 is 0 Å². The summed E-state index contributed by atoms with van der Waals surface area (Å²) in [6.07, 6.45) is 3.83. The van der Waals surface area contributed by atoms with Gasteiger partial charge in [-0.15, -0.1) is 0 Å². The van der Waals surface area contributed by atoms with Gasteiger partial charge in [0.25, 0.3) is 17.7 Å². The molecule has 0 spiro atoms. The van der Waals surface area contributed by atoms with E-state index in [0.717, 1.165) is 10.6 Å². The Bertz CT molecular complexity index is 1130. The summed E-state index contributed by atoms with van der Waals surface area (Å²) in [5, 5.41) is 5.40. The van der Waals surface area contributed by atoms with Crippen LogP contribution < -0.4 is 10.6 Å². The largest absolute Gasteiger partial charge is 0.353 e. The van der Waals surface area contributed by atoms with E-state index in [-0.39, 0.29) is 19.0 Å². The van der Waals surface area contributed by atoms with Gasteiger partial charge in [-0.1, -0.05) is 12.1 Å². The quantitative estimate of drug-likeness (QED) is 0.442. The number of amides is 4. The lowest BCUT2D eigenvalue weighted by atomic mass is 10.1. The molecular formula is C24H22N4O4. The van der Waals surface area contributed by atoms with Gasteiger partial charge in [0.2, 0.25) is 5.91 Å². The second kappa shape index (κ2) is 8.89. The van der Waals surface area contributed by atoms with Crippen molar-refractivity contribution in [2.75, 3.05) is 13.1 Å². The van der Waals surface area contributed by atoms with Gasteiger partial charge in [0.1, 0.15) is 6.04 Å². The van der Waals surface area contributed by atoms with E-state index in [9.17, 15) is 19.2 Å². The fourth-order valence-electron chi connectivity index (χ4n) is 3.58. The van der Waals surface area contributed by atoms with Crippen LogP contribution in [0.3, 0.4) is 0 Å². The summed E-state index contributed by atoms with van der Waals surface area (Å²) < 4.78 is 1.94. The third-order valence-corrected chi connectivity index (χ3v) is 5.33. The van der Waals surface area contributed by atoms with Crippen LogP contribution in [0.25, 0.3) is 5.69 Å². The van der Waals surface area contributed by atoms with Crippen molar-refractivity contribution in [1.82, 2.24) is 20.1 Å². The highest BCUT2D eigenvalue weighted by Gasteiger charge is 2.40. The minimum Gasteiger partial charge on any atom is -0.353 e. The Kier molecular flexibility index (Phi) is 5.85. The summed E-state index contributed by atoms with van der Waals surface area (Å²) in [5.41, 5.74) is 2.05. The van der Waals surface area contributed by atoms with Gasteiger partial charge in [0.15, 0.2) is 0 Å². The monoisotopic (exact) mass is 430 g/mol. The second-order valence-electron chi connectivity index (χ2n) is 7.39. The van der Waals surface area contributed by atoms with Gasteiger partial charge >= 0.3 is 0 Å². The minimum absolute atomic E-state index is 0.166. The van der Waals surface area contributed by atoms with Crippen molar-refractivity contribution in [3.63, 3.8) is 0 Å². The fourth-order valence-corrected chi connectivity index (χ4v) is 3.58. The Balaban J connectivity index is 1.26. The molecule has 0 bridgehead atoms. The molecule has 32 heavy (non-hydrogen) atoms. The number of hydrogen-bond acceptors (Lipinski definition) is 4. The first kappa shape index (κ1) is 21.0. The molecule has 0 saturated carbocycles. The van der Waals surface area contributed by atoms with Crippen molar-refractivity contribution in [3.05, 3.63) is 89.7 Å². The lowest BCUT2D eigenvalue weighted by Gasteiger charge is -2.21. The first-order valence-corrected chi connectivity index (χ1v) is 10.2. The topological polar surface area (TPSA) is 101 Å². The number of fused-ring (bicyclic) bond motifs is 1. The number of rotatable bonds is 7. The average molecular weight is 430 g/mol. The molecule has 1 atom stereocenters. The van der Waals surface area contributed by atoms with Crippen molar-refractivity contribution >= 4 is 23.6 Å². The molecule has 1 aliphatic rings. The molecule has 8 nitrogen and oxygen atoms in total. The van der Waals surface area contributed by atoms with E-state index in [1.807, 2.05) is 41.2 Å². The molecule has 2 aromatic carbocycles. The zero-order chi connectivity index (χ0) is 22.7. The summed E-state index contributed by atoms with van der Waals surface area (Å²) in [5.74, 6) is -1.69. The minimum atomic E-state index is -0.959. The maximum atomic E-state index is 12.5. The molecule has 0 aliphatic carbocycles. The number of benzene rings is 2. The zero-order valence-electron chi connectivity index (χ0n) is 17.4. The second-order valence-corrected chi connectivity index (χ2v) is 7.39. The summed E-state index contributed by atoms with van der Waals surface area (Å²) >= 11 is 0. The van der Waals surface area contributed by atoms with Crippen molar-refractivity contribution in [2.45, 2.75) is 13.0 Å². The first-order chi connectivity index (χ1) is 15.5. The summed E-state index contributed by atoms with van der Waals surface area (Å²) in [7, 11) is 0. The molecule has 2 heterocycles. The molecule has 4 rings (SSSR count). The van der Waals surface area contributed by atoms with E-state index < -0.39 is 23.8 Å². The third kappa shape index (κ3) is 4.02. The van der Waals surface area contributed by atoms with Crippen LogP contribution in [-0.4, -0.2) is 52.2 Å². The van der Waals surface area contributed by atoms with Gasteiger partial charge in [-0.2, -0.15) is 0 Å². The first-order valence-electron chi connectivity index (χ1n) is 10.2. The Morgan fingerprint density at radius 3 is 1.97 bits per heavy atom. The SMILES string of the molecule is CC(C(=O)NCCNC(=O)c1ccc(-n2cccc2)cc1)N1C(=O)c2ccccc2C1=O. The maximum Gasteiger partial charge on any atom is 0.262 e. The molecule has 3 aromatic rings. The van der Waals surface area contributed by atoms with Crippen LogP contribution in [-0.2, 0) is 4.79 Å². The predicted molar refractivity (Wildman–Crippen MR) is 118 cm³/mol. The fraction of sp³-hybridized carbons (Fsp3) is 0.167. The summed E-state index contributed by atoms with van der Waals surface area (Å²) in [4.78, 5) is 50.7. The van der Waals surface area contributed by atoms with Gasteiger partial charge in [0, 0.05) is 36.7 Å². The number of aromatic nitrogens is 1. The van der Waals surface area contributed by atoms with Crippen molar-refractivity contribution in [1.29, 1.82) is 0 Å². The van der Waals surface area contributed by atoms with Gasteiger partial charge in [0.05, 0.1) is 11.1 Å². The van der Waals surface area contributed by atoms with E-state index in [2.05, 4.69) is 10.6 Å². The number of carbonyl (C=O) groups excluding carboxylic acids is 4. The van der Waals surface area contributed by atoms with Crippen LogP contribution in [0.15, 0.2) is 73.1 Å². The van der Waals surface area contributed by atoms with Crippen LogP contribution in [0, 0.1) is 0 Å². The number of imide groups is 1. The molecule has 2 N–H and O–H groups in total. The van der Waals surface area contributed by atoms with Crippen LogP contribution in [0.1, 0.15) is 38.0 Å². The van der Waals surface area contributed by atoms with Gasteiger partial charge in [-0.25, -0.2) is 0 Å². The molecule has 8 heteroatoms. The van der Waals surface area contributed by atoms with Crippen LogP contribution in [0.5, 0.6) is 0 Å². The van der Waals surface area contributed by atoms with Crippen molar-refractivity contribution in [2.24, 2.45) is 0 Å². The molecule has 0 radical (unpaired) electrons. The number of carbonyl (C=O) groups is 4. The van der Waals surface area contributed by atoms with Gasteiger partial charge in [-0.05, 0) is 55.5 Å². The Morgan fingerprint density at radius 1 is 0.812 bits per heavy atom. The van der Waals surface area contributed by atoms with Gasteiger partial charge < -0.3 is 15.2 Å². The lowest BCUT2D eigenvalue weighted by Crippen LogP contribution is -2.49. The number of hydrogen-bond donors (Lipinski definition) is 2. The molecule has 162 valence electrons. The highest BCUT2D eigenvalue weighted by Crippen LogP contribution is 2.24. The normalized spacial score (nSPS) is 13.6. The molecule has 1 aliphatic heterocycles. The van der Waals surface area contributed by atoms with E-state index in [1.165, 1.54) is 6.92 Å². The maximum absolute atomic E-state index is 12.5. The Morgan fingerprint density at radius 2 is 1.38 bits per heavy atom. The van der Waals surface area contributed by atoms with E-state index in [4.69, 9.17) is 0 Å². The zero-order valence-corrected chi connectivity index (χ0v) is 17.4. The van der Waals surface area contributed by atoms with Crippen LogP contribution >= 0.6 is 0 Å². The Hall–Kier alpha value is -4.20. The average Bonchev–Trinajstić information content (AvgIpc) is 3.44. The molecule has 1 unspecified atom stereocenters. The summed E-state index contributed by atoms with van der Waals surface area (Å²) in [6, 6.07) is 16.5.